The van der Waals surface area contributed by atoms with E-state index < -0.39 is 24.6 Å². The average Bonchev–Trinajstić information content (AvgIpc) is 3.58. The van der Waals surface area contributed by atoms with E-state index in [0.29, 0.717) is 17.7 Å². The Morgan fingerprint density at radius 2 is 1.94 bits per heavy atom. The molecule has 1 aliphatic rings. The summed E-state index contributed by atoms with van der Waals surface area (Å²) in [5.41, 5.74) is 1.34. The number of carbonyl (C=O) groups is 2. The molecule has 1 amide bonds. The Balaban J connectivity index is 1.38. The van der Waals surface area contributed by atoms with Gasteiger partial charge in [-0.1, -0.05) is 12.1 Å². The Kier molecular flexibility index (Phi) is 6.63. The molecule has 0 fully saturated rings. The van der Waals surface area contributed by atoms with E-state index in [-0.39, 0.29) is 6.04 Å². The minimum Gasteiger partial charge on any atom is -0.479 e. The summed E-state index contributed by atoms with van der Waals surface area (Å²) >= 11 is 3.14. The molecule has 162 valence electrons. The van der Waals surface area contributed by atoms with Gasteiger partial charge in [-0.25, -0.2) is 9.80 Å². The molecule has 3 heterocycles. The topological polar surface area (TPSA) is 92.0 Å². The minimum atomic E-state index is -0.910. The molecule has 2 unspecified atom stereocenters. The molecule has 0 bridgehead atoms. The third kappa shape index (κ3) is 4.88. The van der Waals surface area contributed by atoms with Gasteiger partial charge in [0.25, 0.3) is 5.91 Å². The van der Waals surface area contributed by atoms with Crippen molar-refractivity contribution in [3.8, 4) is 11.8 Å². The van der Waals surface area contributed by atoms with Crippen molar-refractivity contribution < 1.29 is 19.1 Å². The number of thiophene rings is 2. The van der Waals surface area contributed by atoms with Crippen LogP contribution in [0.25, 0.3) is 0 Å². The molecule has 2 atom stereocenters. The molecule has 0 radical (unpaired) electrons. The highest BCUT2D eigenvalue weighted by atomic mass is 32.1. The lowest BCUT2D eigenvalue weighted by atomic mass is 10.1. The molecule has 0 saturated carbocycles. The molecule has 0 spiro atoms. The van der Waals surface area contributed by atoms with Crippen LogP contribution in [-0.2, 0) is 14.3 Å². The van der Waals surface area contributed by atoms with Gasteiger partial charge in [0, 0.05) is 11.3 Å². The third-order valence-electron chi connectivity index (χ3n) is 4.81. The van der Waals surface area contributed by atoms with E-state index in [9.17, 15) is 9.59 Å². The number of carbonyl (C=O) groups excluding carboxylic acids is 2. The van der Waals surface area contributed by atoms with Crippen LogP contribution in [0.15, 0.2) is 64.4 Å². The van der Waals surface area contributed by atoms with E-state index in [1.165, 1.54) is 5.01 Å². The van der Waals surface area contributed by atoms with Gasteiger partial charge in [0.05, 0.1) is 28.3 Å². The van der Waals surface area contributed by atoms with E-state index in [1.54, 1.807) is 53.9 Å². The molecule has 32 heavy (non-hydrogen) atoms. The van der Waals surface area contributed by atoms with Crippen LogP contribution in [0.2, 0.25) is 0 Å². The summed E-state index contributed by atoms with van der Waals surface area (Å²) in [6.45, 7) is 1.12. The van der Waals surface area contributed by atoms with E-state index in [1.807, 2.05) is 41.1 Å². The van der Waals surface area contributed by atoms with E-state index >= 15 is 0 Å². The average molecular weight is 466 g/mol. The maximum atomic E-state index is 12.9. The van der Waals surface area contributed by atoms with Gasteiger partial charge >= 0.3 is 5.97 Å². The first kappa shape index (κ1) is 21.7. The minimum absolute atomic E-state index is 0.217. The summed E-state index contributed by atoms with van der Waals surface area (Å²) in [6.07, 6.45) is -0.300. The number of ether oxygens (including phenoxy) is 2. The van der Waals surface area contributed by atoms with Gasteiger partial charge in [0.1, 0.15) is 5.75 Å². The van der Waals surface area contributed by atoms with Gasteiger partial charge in [0.2, 0.25) is 0 Å². The monoisotopic (exact) mass is 465 g/mol. The number of amides is 1. The quantitative estimate of drug-likeness (QED) is 0.483. The molecule has 0 N–H and O–H groups in total. The summed E-state index contributed by atoms with van der Waals surface area (Å²) in [4.78, 5) is 27.3. The molecule has 0 aliphatic carbocycles. The third-order valence-corrected chi connectivity index (χ3v) is 6.70. The first-order valence-corrected chi connectivity index (χ1v) is 11.6. The second-order valence-electron chi connectivity index (χ2n) is 7.00. The van der Waals surface area contributed by atoms with Gasteiger partial charge in [0.15, 0.2) is 12.7 Å². The van der Waals surface area contributed by atoms with Crippen molar-refractivity contribution in [2.24, 2.45) is 5.10 Å². The second-order valence-corrected chi connectivity index (χ2v) is 8.93. The molecule has 1 aromatic carbocycles. The summed E-state index contributed by atoms with van der Waals surface area (Å²) in [5, 5.41) is 18.7. The largest absolute Gasteiger partial charge is 0.479 e. The van der Waals surface area contributed by atoms with Crippen molar-refractivity contribution in [2.45, 2.75) is 25.5 Å². The van der Waals surface area contributed by atoms with Crippen molar-refractivity contribution in [1.82, 2.24) is 5.01 Å². The number of esters is 1. The summed E-state index contributed by atoms with van der Waals surface area (Å²) in [7, 11) is 0. The fourth-order valence-electron chi connectivity index (χ4n) is 3.21. The lowest BCUT2D eigenvalue weighted by Crippen LogP contribution is -2.34. The molecular weight excluding hydrogens is 446 g/mol. The van der Waals surface area contributed by atoms with E-state index in [2.05, 4.69) is 5.10 Å². The van der Waals surface area contributed by atoms with Crippen molar-refractivity contribution in [3.63, 3.8) is 0 Å². The number of benzene rings is 1. The highest BCUT2D eigenvalue weighted by molar-refractivity contribution is 7.12. The maximum absolute atomic E-state index is 12.9. The number of nitrogens with zero attached hydrogens (tertiary/aromatic N) is 3. The number of nitriles is 1. The lowest BCUT2D eigenvalue weighted by molar-refractivity contribution is -0.158. The number of hydrazone groups is 1. The molecule has 9 heteroatoms. The Morgan fingerprint density at radius 3 is 2.59 bits per heavy atom. The molecule has 0 saturated heterocycles. The van der Waals surface area contributed by atoms with Gasteiger partial charge < -0.3 is 9.47 Å². The second kappa shape index (κ2) is 9.77. The Morgan fingerprint density at radius 1 is 1.19 bits per heavy atom. The molecule has 4 rings (SSSR count). The zero-order valence-corrected chi connectivity index (χ0v) is 18.8. The maximum Gasteiger partial charge on any atom is 0.347 e. The standard InChI is InChI=1S/C23H19N3O4S2/c1-15(30-17-8-6-16(13-24)7-9-17)23(28)29-14-22(27)26-19(21-5-3-11-32-21)12-18(25-26)20-4-2-10-31-20/h2-11,15,19H,12,14H2,1H3. The Labute approximate surface area is 193 Å². The highest BCUT2D eigenvalue weighted by Gasteiger charge is 2.34. The van der Waals surface area contributed by atoms with Crippen LogP contribution in [-0.4, -0.2) is 35.3 Å². The molecule has 2 aromatic heterocycles. The zero-order chi connectivity index (χ0) is 22.5. The Hall–Kier alpha value is -3.48. The summed E-state index contributed by atoms with van der Waals surface area (Å²) < 4.78 is 10.8. The highest BCUT2D eigenvalue weighted by Crippen LogP contribution is 2.35. The normalized spacial score (nSPS) is 16.2. The lowest BCUT2D eigenvalue weighted by Gasteiger charge is -2.21. The van der Waals surface area contributed by atoms with Crippen LogP contribution in [0.4, 0.5) is 0 Å². The van der Waals surface area contributed by atoms with Crippen molar-refractivity contribution in [2.75, 3.05) is 6.61 Å². The molecule has 3 aromatic rings. The Bertz CT molecular complexity index is 1150. The summed E-state index contributed by atoms with van der Waals surface area (Å²) in [6, 6.07) is 16.0. The fourth-order valence-corrected chi connectivity index (χ4v) is 4.74. The van der Waals surface area contributed by atoms with Gasteiger partial charge in [-0.2, -0.15) is 10.4 Å². The van der Waals surface area contributed by atoms with E-state index in [4.69, 9.17) is 14.7 Å². The van der Waals surface area contributed by atoms with Crippen molar-refractivity contribution in [3.05, 3.63) is 74.6 Å². The first-order chi connectivity index (χ1) is 15.5. The predicted molar refractivity (Wildman–Crippen MR) is 122 cm³/mol. The van der Waals surface area contributed by atoms with Crippen LogP contribution in [0, 0.1) is 11.3 Å². The predicted octanol–water partition coefficient (Wildman–Crippen LogP) is 4.37. The molecule has 1 aliphatic heterocycles. The van der Waals surface area contributed by atoms with Gasteiger partial charge in [-0.3, -0.25) is 4.79 Å². The number of hydrogen-bond acceptors (Lipinski definition) is 8. The van der Waals surface area contributed by atoms with E-state index in [0.717, 1.165) is 15.5 Å². The number of rotatable bonds is 7. The van der Waals surface area contributed by atoms with Crippen LogP contribution < -0.4 is 4.74 Å². The van der Waals surface area contributed by atoms with Crippen LogP contribution in [0.5, 0.6) is 5.75 Å². The number of hydrogen-bond donors (Lipinski definition) is 0. The zero-order valence-electron chi connectivity index (χ0n) is 17.1. The van der Waals surface area contributed by atoms with Crippen molar-refractivity contribution >= 4 is 40.3 Å². The van der Waals surface area contributed by atoms with Crippen molar-refractivity contribution in [1.29, 1.82) is 5.26 Å². The first-order valence-electron chi connectivity index (χ1n) is 9.85. The molecular formula is C23H19N3O4S2. The fraction of sp³-hybridized carbons (Fsp3) is 0.217. The van der Waals surface area contributed by atoms with Crippen LogP contribution in [0.3, 0.4) is 0 Å². The molecule has 7 nitrogen and oxygen atoms in total. The SMILES string of the molecule is CC(Oc1ccc(C#N)cc1)C(=O)OCC(=O)N1N=C(c2cccs2)CC1c1cccs1. The van der Waals surface area contributed by atoms with Crippen LogP contribution >= 0.6 is 22.7 Å². The van der Waals surface area contributed by atoms with Gasteiger partial charge in [-0.05, 0) is 54.1 Å². The summed E-state index contributed by atoms with van der Waals surface area (Å²) in [5.74, 6) is -0.617. The smallest absolute Gasteiger partial charge is 0.347 e. The van der Waals surface area contributed by atoms with Gasteiger partial charge in [-0.15, -0.1) is 22.7 Å². The van der Waals surface area contributed by atoms with Crippen LogP contribution in [0.1, 0.15) is 34.7 Å².